The highest BCUT2D eigenvalue weighted by atomic mass is 79.9. The van der Waals surface area contributed by atoms with Crippen LogP contribution in [0.2, 0.25) is 0 Å². The van der Waals surface area contributed by atoms with Gasteiger partial charge in [-0.25, -0.2) is 9.59 Å². The van der Waals surface area contributed by atoms with Crippen LogP contribution in [0.25, 0.3) is 11.0 Å². The van der Waals surface area contributed by atoms with Gasteiger partial charge in [-0.3, -0.25) is 0 Å². The van der Waals surface area contributed by atoms with Crippen LogP contribution in [0, 0.1) is 0 Å². The van der Waals surface area contributed by atoms with Crippen molar-refractivity contribution in [3.05, 3.63) is 69.0 Å². The first-order chi connectivity index (χ1) is 12.0. The third kappa shape index (κ3) is 4.28. The van der Waals surface area contributed by atoms with Crippen molar-refractivity contribution in [2.75, 3.05) is 6.61 Å². The van der Waals surface area contributed by atoms with Crippen LogP contribution in [-0.4, -0.2) is 12.6 Å². The molecule has 0 fully saturated rings. The lowest BCUT2D eigenvalue weighted by molar-refractivity contribution is -0.136. The third-order valence-electron chi connectivity index (χ3n) is 3.57. The van der Waals surface area contributed by atoms with E-state index in [0.29, 0.717) is 23.5 Å². The highest BCUT2D eigenvalue weighted by Gasteiger charge is 2.10. The van der Waals surface area contributed by atoms with Gasteiger partial charge in [-0.2, -0.15) is 0 Å². The highest BCUT2D eigenvalue weighted by molar-refractivity contribution is 9.10. The van der Waals surface area contributed by atoms with Gasteiger partial charge in [0.05, 0.1) is 0 Å². The zero-order valence-corrected chi connectivity index (χ0v) is 15.0. The van der Waals surface area contributed by atoms with Crippen LogP contribution in [0.4, 0.5) is 0 Å². The lowest BCUT2D eigenvalue weighted by atomic mass is 10.1. The van der Waals surface area contributed by atoms with Gasteiger partial charge in [0.15, 0.2) is 6.61 Å². The van der Waals surface area contributed by atoms with Crippen molar-refractivity contribution in [3.63, 3.8) is 0 Å². The molecule has 6 heteroatoms. The lowest BCUT2D eigenvalue weighted by Gasteiger charge is -2.08. The number of carbonyl (C=O) groups excluding carboxylic acids is 1. The molecule has 0 spiro atoms. The normalized spacial score (nSPS) is 10.6. The SMILES string of the molecule is CCc1cc(=O)oc2cc(OC(=O)COc3cccc(Br)c3)ccc12. The van der Waals surface area contributed by atoms with Crippen LogP contribution >= 0.6 is 15.9 Å². The van der Waals surface area contributed by atoms with Gasteiger partial charge in [0.1, 0.15) is 17.1 Å². The zero-order valence-electron chi connectivity index (χ0n) is 13.5. The van der Waals surface area contributed by atoms with E-state index in [1.165, 1.54) is 12.1 Å². The van der Waals surface area contributed by atoms with Crippen LogP contribution in [0.1, 0.15) is 12.5 Å². The van der Waals surface area contributed by atoms with E-state index in [1.807, 2.05) is 13.0 Å². The minimum Gasteiger partial charge on any atom is -0.482 e. The fraction of sp³-hybridized carbons (Fsp3) is 0.158. The zero-order chi connectivity index (χ0) is 17.8. The van der Waals surface area contributed by atoms with Crippen molar-refractivity contribution in [1.82, 2.24) is 0 Å². The summed E-state index contributed by atoms with van der Waals surface area (Å²) >= 11 is 3.33. The van der Waals surface area contributed by atoms with E-state index in [2.05, 4.69) is 15.9 Å². The van der Waals surface area contributed by atoms with Gasteiger partial charge in [-0.05, 0) is 42.3 Å². The Morgan fingerprint density at radius 2 is 1.96 bits per heavy atom. The van der Waals surface area contributed by atoms with Gasteiger partial charge in [0.25, 0.3) is 0 Å². The van der Waals surface area contributed by atoms with E-state index >= 15 is 0 Å². The molecule has 0 radical (unpaired) electrons. The van der Waals surface area contributed by atoms with E-state index in [0.717, 1.165) is 15.4 Å². The Labute approximate surface area is 152 Å². The van der Waals surface area contributed by atoms with E-state index in [9.17, 15) is 9.59 Å². The fourth-order valence-corrected chi connectivity index (χ4v) is 2.80. The summed E-state index contributed by atoms with van der Waals surface area (Å²) in [5.41, 5.74) is 0.857. The molecule has 0 bridgehead atoms. The molecule has 3 aromatic rings. The third-order valence-corrected chi connectivity index (χ3v) is 4.06. The minimum absolute atomic E-state index is 0.229. The Morgan fingerprint density at radius 1 is 1.12 bits per heavy atom. The van der Waals surface area contributed by atoms with Crippen LogP contribution in [0.15, 0.2) is 62.2 Å². The monoisotopic (exact) mass is 402 g/mol. The molecule has 1 heterocycles. The fourth-order valence-electron chi connectivity index (χ4n) is 2.43. The van der Waals surface area contributed by atoms with Crippen molar-refractivity contribution < 1.29 is 18.7 Å². The Balaban J connectivity index is 1.72. The molecular weight excluding hydrogens is 388 g/mol. The second-order valence-electron chi connectivity index (χ2n) is 5.32. The molecule has 3 rings (SSSR count). The number of carbonyl (C=O) groups is 1. The summed E-state index contributed by atoms with van der Waals surface area (Å²) in [5.74, 6) is 0.309. The van der Waals surface area contributed by atoms with Crippen LogP contribution in [0.5, 0.6) is 11.5 Å². The van der Waals surface area contributed by atoms with Gasteiger partial charge < -0.3 is 13.9 Å². The first-order valence-corrected chi connectivity index (χ1v) is 8.50. The molecule has 0 aliphatic heterocycles. The molecule has 2 aromatic carbocycles. The molecule has 5 nitrogen and oxygen atoms in total. The number of benzene rings is 2. The number of ether oxygens (including phenoxy) is 2. The highest BCUT2D eigenvalue weighted by Crippen LogP contribution is 2.23. The van der Waals surface area contributed by atoms with Crippen molar-refractivity contribution in [3.8, 4) is 11.5 Å². The first-order valence-electron chi connectivity index (χ1n) is 7.71. The average molecular weight is 403 g/mol. The predicted octanol–water partition coefficient (Wildman–Crippen LogP) is 4.10. The number of esters is 1. The molecule has 0 N–H and O–H groups in total. The Hall–Kier alpha value is -2.60. The number of hydrogen-bond donors (Lipinski definition) is 0. The van der Waals surface area contributed by atoms with Crippen molar-refractivity contribution in [2.24, 2.45) is 0 Å². The molecule has 25 heavy (non-hydrogen) atoms. The number of fused-ring (bicyclic) bond motifs is 1. The van der Waals surface area contributed by atoms with Crippen molar-refractivity contribution in [2.45, 2.75) is 13.3 Å². The van der Waals surface area contributed by atoms with Gasteiger partial charge in [0.2, 0.25) is 0 Å². The summed E-state index contributed by atoms with van der Waals surface area (Å²) in [6.45, 7) is 1.73. The first kappa shape index (κ1) is 17.2. The molecule has 1 aromatic heterocycles. The molecule has 0 aliphatic rings. The summed E-state index contributed by atoms with van der Waals surface area (Å²) in [6.07, 6.45) is 0.710. The smallest absolute Gasteiger partial charge is 0.349 e. The predicted molar refractivity (Wildman–Crippen MR) is 97.1 cm³/mol. The van der Waals surface area contributed by atoms with Gasteiger partial charge in [-0.15, -0.1) is 0 Å². The summed E-state index contributed by atoms with van der Waals surface area (Å²) in [7, 11) is 0. The number of aryl methyl sites for hydroxylation is 1. The molecule has 0 saturated carbocycles. The standard InChI is InChI=1S/C19H15BrO5/c1-2-12-8-18(21)25-17-10-15(6-7-16(12)17)24-19(22)11-23-14-5-3-4-13(20)9-14/h3-10H,2,11H2,1H3. The molecule has 0 amide bonds. The van der Waals surface area contributed by atoms with E-state index in [-0.39, 0.29) is 6.61 Å². The number of hydrogen-bond acceptors (Lipinski definition) is 5. The van der Waals surface area contributed by atoms with Crippen LogP contribution in [0.3, 0.4) is 0 Å². The maximum absolute atomic E-state index is 11.9. The number of rotatable bonds is 5. The number of halogens is 1. The quantitative estimate of drug-likeness (QED) is 0.365. The summed E-state index contributed by atoms with van der Waals surface area (Å²) in [6, 6.07) is 13.6. The molecule has 0 unspecified atom stereocenters. The summed E-state index contributed by atoms with van der Waals surface area (Å²) in [4.78, 5) is 23.5. The maximum Gasteiger partial charge on any atom is 0.349 e. The molecule has 0 atom stereocenters. The molecule has 0 aliphatic carbocycles. The van der Waals surface area contributed by atoms with Gasteiger partial charge in [-0.1, -0.05) is 28.9 Å². The molecule has 0 saturated heterocycles. The van der Waals surface area contributed by atoms with Crippen LogP contribution in [-0.2, 0) is 11.2 Å². The molecule has 128 valence electrons. The topological polar surface area (TPSA) is 65.7 Å². The van der Waals surface area contributed by atoms with E-state index < -0.39 is 11.6 Å². The van der Waals surface area contributed by atoms with Crippen LogP contribution < -0.4 is 15.1 Å². The summed E-state index contributed by atoms with van der Waals surface area (Å²) in [5, 5.41) is 0.826. The summed E-state index contributed by atoms with van der Waals surface area (Å²) < 4.78 is 16.7. The second kappa shape index (κ2) is 7.53. The Morgan fingerprint density at radius 3 is 2.72 bits per heavy atom. The maximum atomic E-state index is 11.9. The molecular formula is C19H15BrO5. The lowest BCUT2D eigenvalue weighted by Crippen LogP contribution is -2.17. The second-order valence-corrected chi connectivity index (χ2v) is 6.24. The van der Waals surface area contributed by atoms with Gasteiger partial charge >= 0.3 is 11.6 Å². The Kier molecular flexibility index (Phi) is 5.19. The van der Waals surface area contributed by atoms with Crippen molar-refractivity contribution >= 4 is 32.9 Å². The van der Waals surface area contributed by atoms with E-state index in [4.69, 9.17) is 13.9 Å². The van der Waals surface area contributed by atoms with E-state index in [1.54, 1.807) is 30.3 Å². The van der Waals surface area contributed by atoms with Crippen molar-refractivity contribution in [1.29, 1.82) is 0 Å². The largest absolute Gasteiger partial charge is 0.482 e. The average Bonchev–Trinajstić information content (AvgIpc) is 2.59. The minimum atomic E-state index is -0.548. The Bertz CT molecular complexity index is 977. The van der Waals surface area contributed by atoms with Gasteiger partial charge in [0, 0.05) is 22.0 Å².